The molecule has 5 nitrogen and oxygen atoms in total. The molecule has 1 fully saturated rings. The Balaban J connectivity index is 1.93. The molecular weight excluding hydrogens is 413 g/mol. The third-order valence-corrected chi connectivity index (χ3v) is 6.33. The first kappa shape index (κ1) is 20.4. The maximum atomic E-state index is 13.5. The van der Waals surface area contributed by atoms with Crippen molar-refractivity contribution in [1.29, 1.82) is 5.26 Å². The number of benzene rings is 1. The van der Waals surface area contributed by atoms with Crippen molar-refractivity contribution < 1.29 is 13.2 Å². The summed E-state index contributed by atoms with van der Waals surface area (Å²) in [4.78, 5) is 19.5. The van der Waals surface area contributed by atoms with Gasteiger partial charge in [-0.3, -0.25) is 9.36 Å². The molecule has 2 aromatic heterocycles. The number of thiophene rings is 1. The maximum Gasteiger partial charge on any atom is 0.419 e. The molecule has 9 heteroatoms. The van der Waals surface area contributed by atoms with Crippen LogP contribution in [0.25, 0.3) is 10.2 Å². The van der Waals surface area contributed by atoms with Gasteiger partial charge in [-0.05, 0) is 30.4 Å². The molecule has 0 bridgehead atoms. The summed E-state index contributed by atoms with van der Waals surface area (Å²) in [5.41, 5.74) is -0.640. The molecule has 3 aromatic rings. The molecule has 30 heavy (non-hydrogen) atoms. The van der Waals surface area contributed by atoms with Crippen LogP contribution < -0.4 is 10.5 Å². The monoisotopic (exact) mass is 432 g/mol. The van der Waals surface area contributed by atoms with Gasteiger partial charge in [0.05, 0.1) is 23.7 Å². The number of fused-ring (bicyclic) bond motifs is 1. The van der Waals surface area contributed by atoms with Crippen molar-refractivity contribution in [2.45, 2.75) is 32.5 Å². The summed E-state index contributed by atoms with van der Waals surface area (Å²) < 4.78 is 41.8. The van der Waals surface area contributed by atoms with Crippen LogP contribution in [0.5, 0.6) is 0 Å². The van der Waals surface area contributed by atoms with E-state index in [1.54, 1.807) is 24.3 Å². The number of piperidine rings is 1. The summed E-state index contributed by atoms with van der Waals surface area (Å²) in [5.74, 6) is 0.575. The second-order valence-electron chi connectivity index (χ2n) is 7.59. The smallest absolute Gasteiger partial charge is 0.342 e. The van der Waals surface area contributed by atoms with Crippen molar-refractivity contribution in [2.24, 2.45) is 5.92 Å². The largest absolute Gasteiger partial charge is 0.419 e. The summed E-state index contributed by atoms with van der Waals surface area (Å²) in [6.45, 7) is 3.38. The van der Waals surface area contributed by atoms with Gasteiger partial charge >= 0.3 is 6.18 Å². The molecule has 0 radical (unpaired) electrons. The van der Waals surface area contributed by atoms with E-state index < -0.39 is 17.3 Å². The van der Waals surface area contributed by atoms with E-state index in [9.17, 15) is 23.2 Å². The fourth-order valence-corrected chi connectivity index (χ4v) is 4.84. The van der Waals surface area contributed by atoms with Crippen LogP contribution in [-0.2, 0) is 12.7 Å². The molecule has 156 valence electrons. The van der Waals surface area contributed by atoms with Crippen molar-refractivity contribution in [3.63, 3.8) is 0 Å². The predicted molar refractivity (Wildman–Crippen MR) is 110 cm³/mol. The van der Waals surface area contributed by atoms with E-state index in [0.717, 1.165) is 29.6 Å². The average molecular weight is 432 g/mol. The molecular formula is C21H19F3N4OS. The molecule has 0 aliphatic carbocycles. The Labute approximate surface area is 175 Å². The van der Waals surface area contributed by atoms with Crippen LogP contribution in [0.1, 0.15) is 36.5 Å². The van der Waals surface area contributed by atoms with Crippen LogP contribution in [-0.4, -0.2) is 22.6 Å². The zero-order valence-corrected chi connectivity index (χ0v) is 17.1. The highest BCUT2D eigenvalue weighted by molar-refractivity contribution is 7.17. The lowest BCUT2D eigenvalue weighted by Crippen LogP contribution is -2.39. The van der Waals surface area contributed by atoms with Gasteiger partial charge in [0.2, 0.25) is 5.95 Å². The van der Waals surface area contributed by atoms with Crippen LogP contribution in [0.15, 0.2) is 34.4 Å². The number of rotatable bonds is 3. The van der Waals surface area contributed by atoms with Crippen molar-refractivity contribution >= 4 is 27.5 Å². The molecule has 1 aliphatic heterocycles. The van der Waals surface area contributed by atoms with Crippen molar-refractivity contribution in [3.8, 4) is 6.07 Å². The molecule has 0 spiro atoms. The zero-order valence-electron chi connectivity index (χ0n) is 16.2. The number of nitriles is 1. The third-order valence-electron chi connectivity index (χ3n) is 5.37. The van der Waals surface area contributed by atoms with Gasteiger partial charge in [-0.2, -0.15) is 18.4 Å². The van der Waals surface area contributed by atoms with Crippen molar-refractivity contribution in [2.75, 3.05) is 18.0 Å². The Morgan fingerprint density at radius 1 is 1.33 bits per heavy atom. The van der Waals surface area contributed by atoms with Crippen molar-refractivity contribution in [1.82, 2.24) is 9.55 Å². The number of alkyl halides is 3. The van der Waals surface area contributed by atoms with Gasteiger partial charge in [0.25, 0.3) is 5.56 Å². The summed E-state index contributed by atoms with van der Waals surface area (Å²) in [5, 5.41) is 10.4. The Bertz CT molecular complexity index is 1190. The minimum atomic E-state index is -4.58. The van der Waals surface area contributed by atoms with Crippen LogP contribution in [0.3, 0.4) is 0 Å². The SMILES string of the molecule is C[C@H]1CCCN(c2nc3c(C(F)(F)F)csc3c(=O)n2Cc2ccccc2C#N)C1. The van der Waals surface area contributed by atoms with Gasteiger partial charge in [0.1, 0.15) is 10.2 Å². The minimum Gasteiger partial charge on any atom is -0.342 e. The first-order valence-electron chi connectivity index (χ1n) is 9.61. The molecule has 1 saturated heterocycles. The lowest BCUT2D eigenvalue weighted by Gasteiger charge is -2.33. The highest BCUT2D eigenvalue weighted by Gasteiger charge is 2.36. The summed E-state index contributed by atoms with van der Waals surface area (Å²) in [7, 11) is 0. The van der Waals surface area contributed by atoms with Gasteiger partial charge in [-0.25, -0.2) is 4.98 Å². The quantitative estimate of drug-likeness (QED) is 0.605. The van der Waals surface area contributed by atoms with Crippen LogP contribution >= 0.6 is 11.3 Å². The number of hydrogen-bond donors (Lipinski definition) is 0. The molecule has 1 aromatic carbocycles. The van der Waals surface area contributed by atoms with Crippen LogP contribution in [0.2, 0.25) is 0 Å². The fraction of sp³-hybridized carbons (Fsp3) is 0.381. The van der Waals surface area contributed by atoms with Crippen LogP contribution in [0.4, 0.5) is 19.1 Å². The number of hydrogen-bond acceptors (Lipinski definition) is 5. The van der Waals surface area contributed by atoms with E-state index in [2.05, 4.69) is 18.0 Å². The highest BCUT2D eigenvalue weighted by Crippen LogP contribution is 2.37. The normalized spacial score (nSPS) is 17.3. The zero-order chi connectivity index (χ0) is 21.5. The average Bonchev–Trinajstić information content (AvgIpc) is 3.15. The Hall–Kier alpha value is -2.86. The molecule has 0 amide bonds. The van der Waals surface area contributed by atoms with Gasteiger partial charge in [0, 0.05) is 18.5 Å². The van der Waals surface area contributed by atoms with E-state index in [0.29, 0.717) is 30.1 Å². The molecule has 1 aliphatic rings. The van der Waals surface area contributed by atoms with E-state index in [1.165, 1.54) is 4.57 Å². The molecule has 3 heterocycles. The number of nitrogens with zero attached hydrogens (tertiary/aromatic N) is 4. The third kappa shape index (κ3) is 3.67. The fourth-order valence-electron chi connectivity index (χ4n) is 3.88. The first-order chi connectivity index (χ1) is 14.3. The van der Waals surface area contributed by atoms with Gasteiger partial charge in [-0.1, -0.05) is 25.1 Å². The highest BCUT2D eigenvalue weighted by atomic mass is 32.1. The molecule has 0 N–H and O–H groups in total. The molecule has 4 rings (SSSR count). The predicted octanol–water partition coefficient (Wildman–Crippen LogP) is 4.63. The lowest BCUT2D eigenvalue weighted by molar-refractivity contribution is -0.136. The van der Waals surface area contributed by atoms with Gasteiger partial charge < -0.3 is 4.90 Å². The summed E-state index contributed by atoms with van der Waals surface area (Å²) in [6.07, 6.45) is -2.68. The maximum absolute atomic E-state index is 13.5. The Morgan fingerprint density at radius 3 is 2.80 bits per heavy atom. The van der Waals surface area contributed by atoms with E-state index in [4.69, 9.17) is 0 Å². The number of anilines is 1. The standard InChI is InChI=1S/C21H19F3N4OS/c1-13-5-4-8-27(10-13)20-26-17-16(21(22,23)24)12-30-18(17)19(29)28(20)11-15-7-3-2-6-14(15)9-25/h2-3,6-7,12-13H,4-5,8,10-11H2,1H3/t13-/m0/s1. The topological polar surface area (TPSA) is 61.9 Å². The summed E-state index contributed by atoms with van der Waals surface area (Å²) >= 11 is 0.759. The van der Waals surface area contributed by atoms with E-state index in [1.807, 2.05) is 4.90 Å². The molecule has 0 unspecified atom stereocenters. The molecule has 0 saturated carbocycles. The Kier molecular flexibility index (Phi) is 5.28. The summed E-state index contributed by atoms with van der Waals surface area (Å²) in [6, 6.07) is 9.00. The number of aromatic nitrogens is 2. The van der Waals surface area contributed by atoms with Gasteiger partial charge in [0.15, 0.2) is 0 Å². The second-order valence-corrected chi connectivity index (χ2v) is 8.47. The molecule has 1 atom stereocenters. The van der Waals surface area contributed by atoms with Crippen molar-refractivity contribution in [3.05, 3.63) is 56.7 Å². The second kappa shape index (κ2) is 7.76. The van der Waals surface area contributed by atoms with Crippen LogP contribution in [0, 0.1) is 17.2 Å². The number of halogens is 3. The first-order valence-corrected chi connectivity index (χ1v) is 10.5. The lowest BCUT2D eigenvalue weighted by atomic mass is 10.0. The Morgan fingerprint density at radius 2 is 2.10 bits per heavy atom. The van der Waals surface area contributed by atoms with Gasteiger partial charge in [-0.15, -0.1) is 11.3 Å². The minimum absolute atomic E-state index is 0.0226. The van der Waals surface area contributed by atoms with E-state index in [-0.39, 0.29) is 22.7 Å². The van der Waals surface area contributed by atoms with E-state index >= 15 is 0 Å².